The Balaban J connectivity index is 2.40. The van der Waals surface area contributed by atoms with Gasteiger partial charge in [-0.3, -0.25) is 0 Å². The first-order valence-corrected chi connectivity index (χ1v) is 5.65. The van der Waals surface area contributed by atoms with Gasteiger partial charge < -0.3 is 29.7 Å². The summed E-state index contributed by atoms with van der Waals surface area (Å²) in [6, 6.07) is -0.0977. The second-order valence-corrected chi connectivity index (χ2v) is 3.73. The zero-order valence-electron chi connectivity index (χ0n) is 10.6. The van der Waals surface area contributed by atoms with Crippen molar-refractivity contribution in [3.63, 3.8) is 0 Å². The van der Waals surface area contributed by atoms with Gasteiger partial charge in [0.25, 0.3) is 5.82 Å². The van der Waals surface area contributed by atoms with Crippen LogP contribution in [0.5, 0.6) is 6.01 Å². The molecule has 0 bridgehead atoms. The Morgan fingerprint density at radius 2 is 2.15 bits per heavy atom. The molecule has 11 nitrogen and oxygen atoms in total. The fourth-order valence-corrected chi connectivity index (χ4v) is 1.60. The topological polar surface area (TPSA) is 136 Å². The molecule has 1 fully saturated rings. The van der Waals surface area contributed by atoms with Gasteiger partial charge in [0, 0.05) is 13.1 Å². The van der Waals surface area contributed by atoms with Crippen LogP contribution in [0.4, 0.5) is 5.95 Å². The minimum atomic E-state index is -0.891. The minimum absolute atomic E-state index is 0.0977. The van der Waals surface area contributed by atoms with E-state index >= 15 is 0 Å². The van der Waals surface area contributed by atoms with Gasteiger partial charge in [0.05, 0.1) is 20.3 Å². The van der Waals surface area contributed by atoms with Gasteiger partial charge in [-0.25, -0.2) is 0 Å². The van der Waals surface area contributed by atoms with E-state index in [1.807, 2.05) is 0 Å². The molecule has 1 N–H and O–H groups in total. The normalized spacial score (nSPS) is 16.1. The van der Waals surface area contributed by atoms with Crippen molar-refractivity contribution >= 4 is 11.8 Å². The van der Waals surface area contributed by atoms with Gasteiger partial charge in [0.15, 0.2) is 5.16 Å². The van der Waals surface area contributed by atoms with Crippen LogP contribution in [0.3, 0.4) is 0 Å². The van der Waals surface area contributed by atoms with Gasteiger partial charge in [-0.05, 0) is 4.92 Å². The monoisotopic (exact) mass is 284 g/mol. The zero-order valence-corrected chi connectivity index (χ0v) is 10.6. The molecule has 0 spiro atoms. The number of morpholine rings is 1. The van der Waals surface area contributed by atoms with Crippen LogP contribution in [0.15, 0.2) is 5.16 Å². The van der Waals surface area contributed by atoms with E-state index in [0.29, 0.717) is 26.3 Å². The van der Waals surface area contributed by atoms with Crippen molar-refractivity contribution in [2.45, 2.75) is 0 Å². The number of anilines is 1. The van der Waals surface area contributed by atoms with Crippen LogP contribution in [0, 0.1) is 10.1 Å². The maximum atomic E-state index is 10.8. The number of nitro groups is 1. The van der Waals surface area contributed by atoms with Crippen molar-refractivity contribution in [3.8, 4) is 6.01 Å². The Bertz CT molecular complexity index is 530. The second kappa shape index (κ2) is 6.06. The first kappa shape index (κ1) is 13.9. The number of aromatic nitrogens is 3. The number of amidine groups is 1. The third kappa shape index (κ3) is 2.88. The molecule has 0 unspecified atom stereocenters. The minimum Gasteiger partial charge on any atom is -0.467 e. The lowest BCUT2D eigenvalue weighted by Gasteiger charge is -2.26. The number of nitrogens with zero attached hydrogens (tertiary/aromatic N) is 6. The maximum Gasteiger partial charge on any atom is 0.454 e. The van der Waals surface area contributed by atoms with Gasteiger partial charge in [-0.15, -0.1) is 0 Å². The number of oxime groups is 1. The lowest BCUT2D eigenvalue weighted by atomic mass is 10.4. The lowest BCUT2D eigenvalue weighted by molar-refractivity contribution is -0.351. The van der Waals surface area contributed by atoms with E-state index in [9.17, 15) is 10.1 Å². The summed E-state index contributed by atoms with van der Waals surface area (Å²) < 4.78 is 10.1. The fourth-order valence-electron chi connectivity index (χ4n) is 1.60. The van der Waals surface area contributed by atoms with Crippen LogP contribution in [0.1, 0.15) is 5.82 Å². The number of rotatable bonds is 3. The van der Waals surface area contributed by atoms with E-state index in [0.717, 1.165) is 0 Å². The first-order chi connectivity index (χ1) is 9.65. The molecule has 1 aromatic rings. The van der Waals surface area contributed by atoms with Crippen LogP contribution < -0.4 is 9.64 Å². The van der Waals surface area contributed by atoms with Crippen molar-refractivity contribution in [3.05, 3.63) is 15.9 Å². The number of hydrogen-bond donors (Lipinski definition) is 1. The SMILES string of the molecule is COc1nc(/C(=N/O)[N+](=O)[O-])nc(N2CCOCC2)n1. The van der Waals surface area contributed by atoms with Crippen molar-refractivity contribution in [1.82, 2.24) is 15.0 Å². The molecule has 1 aliphatic rings. The Morgan fingerprint density at radius 3 is 2.70 bits per heavy atom. The average molecular weight is 284 g/mol. The third-order valence-corrected chi connectivity index (χ3v) is 2.55. The molecule has 11 heteroatoms. The molecule has 0 amide bonds. The summed E-state index contributed by atoms with van der Waals surface area (Å²) >= 11 is 0. The van der Waals surface area contributed by atoms with Gasteiger partial charge in [0.1, 0.15) is 0 Å². The van der Waals surface area contributed by atoms with Crippen molar-refractivity contribution in [2.24, 2.45) is 5.16 Å². The van der Waals surface area contributed by atoms with Gasteiger partial charge in [-0.2, -0.15) is 15.0 Å². The van der Waals surface area contributed by atoms with Crippen molar-refractivity contribution in [1.29, 1.82) is 0 Å². The Labute approximate surface area is 113 Å². The summed E-state index contributed by atoms with van der Waals surface area (Å²) in [5, 5.41) is 22.0. The Kier molecular flexibility index (Phi) is 4.20. The van der Waals surface area contributed by atoms with E-state index < -0.39 is 10.8 Å². The summed E-state index contributed by atoms with van der Waals surface area (Å²) in [5.74, 6) is -1.04. The van der Waals surface area contributed by atoms with Gasteiger partial charge in [-0.1, -0.05) is 0 Å². The molecule has 20 heavy (non-hydrogen) atoms. The molecule has 0 aromatic carbocycles. The molecule has 0 aliphatic carbocycles. The summed E-state index contributed by atoms with van der Waals surface area (Å²) in [6.45, 7) is 2.08. The predicted molar refractivity (Wildman–Crippen MR) is 64.7 cm³/mol. The zero-order chi connectivity index (χ0) is 14.5. The van der Waals surface area contributed by atoms with Gasteiger partial charge >= 0.3 is 11.8 Å². The summed E-state index contributed by atoms with van der Waals surface area (Å²) in [5.41, 5.74) is 0. The largest absolute Gasteiger partial charge is 0.467 e. The highest BCUT2D eigenvalue weighted by atomic mass is 16.6. The highest BCUT2D eigenvalue weighted by molar-refractivity contribution is 5.88. The van der Waals surface area contributed by atoms with Crippen LogP contribution >= 0.6 is 0 Å². The Hall–Kier alpha value is -2.56. The van der Waals surface area contributed by atoms with Crippen molar-refractivity contribution in [2.75, 3.05) is 38.3 Å². The maximum absolute atomic E-state index is 10.8. The molecule has 0 radical (unpaired) electrons. The lowest BCUT2D eigenvalue weighted by Crippen LogP contribution is -2.38. The highest BCUT2D eigenvalue weighted by Crippen LogP contribution is 2.14. The predicted octanol–water partition coefficient (Wildman–Crippen LogP) is -0.871. The molecule has 1 saturated heterocycles. The molecular weight excluding hydrogens is 272 g/mol. The van der Waals surface area contributed by atoms with Crippen LogP contribution in [0.25, 0.3) is 0 Å². The van der Waals surface area contributed by atoms with Crippen LogP contribution in [-0.4, -0.2) is 64.3 Å². The quantitative estimate of drug-likeness (QED) is 0.247. The number of hydrogen-bond acceptors (Lipinski definition) is 10. The standard InChI is InChI=1S/C9H12N6O5/c1-19-9-11-6(7(13-16)15(17)18)10-8(12-9)14-2-4-20-5-3-14/h16H,2-5H2,1H3/b13-7-. The Morgan fingerprint density at radius 1 is 1.45 bits per heavy atom. The molecule has 108 valence electrons. The summed E-state index contributed by atoms with van der Waals surface area (Å²) in [6.07, 6.45) is 0. The smallest absolute Gasteiger partial charge is 0.454 e. The molecule has 2 rings (SSSR count). The van der Waals surface area contributed by atoms with E-state index in [4.69, 9.17) is 14.7 Å². The van der Waals surface area contributed by atoms with E-state index in [-0.39, 0.29) is 17.8 Å². The average Bonchev–Trinajstić information content (AvgIpc) is 2.48. The van der Waals surface area contributed by atoms with Crippen molar-refractivity contribution < 1.29 is 19.6 Å². The molecular formula is C9H12N6O5. The molecule has 0 saturated carbocycles. The molecule has 1 aliphatic heterocycles. The van der Waals surface area contributed by atoms with E-state index in [1.54, 1.807) is 4.90 Å². The van der Waals surface area contributed by atoms with Gasteiger partial charge in [0.2, 0.25) is 5.95 Å². The second-order valence-electron chi connectivity index (χ2n) is 3.73. The molecule has 1 aromatic heterocycles. The van der Waals surface area contributed by atoms with E-state index in [2.05, 4.69) is 20.1 Å². The van der Waals surface area contributed by atoms with Crippen LogP contribution in [-0.2, 0) is 4.74 Å². The number of ether oxygens (including phenoxy) is 2. The summed E-state index contributed by atoms with van der Waals surface area (Å²) in [7, 11) is 1.32. The molecule has 2 heterocycles. The van der Waals surface area contributed by atoms with Crippen LogP contribution in [0.2, 0.25) is 0 Å². The highest BCUT2D eigenvalue weighted by Gasteiger charge is 2.25. The first-order valence-electron chi connectivity index (χ1n) is 5.65. The fraction of sp³-hybridized carbons (Fsp3) is 0.556. The summed E-state index contributed by atoms with van der Waals surface area (Å²) in [4.78, 5) is 23.3. The number of methoxy groups -OCH3 is 1. The molecule has 0 atom stereocenters. The van der Waals surface area contributed by atoms with E-state index in [1.165, 1.54) is 7.11 Å². The third-order valence-electron chi connectivity index (χ3n) is 2.55.